The summed E-state index contributed by atoms with van der Waals surface area (Å²) in [6.07, 6.45) is 1.26. The fraction of sp³-hybridized carbons (Fsp3) is 0.300. The summed E-state index contributed by atoms with van der Waals surface area (Å²) in [5.74, 6) is -0.135. The second kappa shape index (κ2) is 6.73. The average Bonchev–Trinajstić information content (AvgIpc) is 2.68. The van der Waals surface area contributed by atoms with Crippen LogP contribution in [0.4, 0.5) is 5.69 Å². The first-order valence-electron chi connectivity index (χ1n) is 8.81. The number of nitrogens with one attached hydrogen (secondary N) is 1. The lowest BCUT2D eigenvalue weighted by Crippen LogP contribution is -2.63. The Kier molecular flexibility index (Phi) is 4.52. The Morgan fingerprint density at radius 2 is 1.81 bits per heavy atom. The molecule has 2 aromatic carbocycles. The van der Waals surface area contributed by atoms with Crippen LogP contribution in [-0.2, 0) is 0 Å². The molecule has 0 aliphatic carbocycles. The molecule has 1 spiro atoms. The van der Waals surface area contributed by atoms with Crippen LogP contribution in [0.25, 0.3) is 0 Å². The molecule has 2 heterocycles. The Morgan fingerprint density at radius 3 is 2.52 bits per heavy atom. The van der Waals surface area contributed by atoms with Crippen LogP contribution < -0.4 is 5.32 Å². The van der Waals surface area contributed by atoms with Gasteiger partial charge >= 0.3 is 0 Å². The summed E-state index contributed by atoms with van der Waals surface area (Å²) in [5, 5.41) is 4.50. The van der Waals surface area contributed by atoms with Gasteiger partial charge in [0.1, 0.15) is 5.66 Å². The van der Waals surface area contributed by atoms with Gasteiger partial charge in [0.25, 0.3) is 11.8 Å². The summed E-state index contributed by atoms with van der Waals surface area (Å²) >= 11 is 12.2. The fourth-order valence-electron chi connectivity index (χ4n) is 3.86. The average molecular weight is 404 g/mol. The van der Waals surface area contributed by atoms with Gasteiger partial charge in [-0.25, -0.2) is 0 Å². The highest BCUT2D eigenvalue weighted by Crippen LogP contribution is 2.38. The first-order chi connectivity index (χ1) is 12.9. The number of carbonyl (C=O) groups excluding carboxylic acids is 2. The molecule has 0 atom stereocenters. The number of fused-ring (bicyclic) bond motifs is 1. The van der Waals surface area contributed by atoms with Crippen LogP contribution in [0.3, 0.4) is 0 Å². The van der Waals surface area contributed by atoms with Gasteiger partial charge in [0.05, 0.1) is 16.1 Å². The molecular formula is C20H19Cl2N3O2. The van der Waals surface area contributed by atoms with E-state index in [1.165, 1.54) is 0 Å². The van der Waals surface area contributed by atoms with Crippen molar-refractivity contribution in [2.45, 2.75) is 18.5 Å². The van der Waals surface area contributed by atoms with E-state index < -0.39 is 5.66 Å². The van der Waals surface area contributed by atoms with E-state index in [-0.39, 0.29) is 11.8 Å². The normalized spacial score (nSPS) is 18.3. The van der Waals surface area contributed by atoms with Crippen molar-refractivity contribution in [3.8, 4) is 0 Å². The molecule has 1 N–H and O–H groups in total. The van der Waals surface area contributed by atoms with E-state index in [4.69, 9.17) is 23.2 Å². The Balaban J connectivity index is 1.55. The lowest BCUT2D eigenvalue weighted by Gasteiger charge is -2.50. The predicted molar refractivity (Wildman–Crippen MR) is 106 cm³/mol. The summed E-state index contributed by atoms with van der Waals surface area (Å²) in [6, 6.07) is 12.4. The van der Waals surface area contributed by atoms with E-state index in [9.17, 15) is 9.59 Å². The highest BCUT2D eigenvalue weighted by atomic mass is 35.5. The number of benzene rings is 2. The van der Waals surface area contributed by atoms with Gasteiger partial charge in [0, 0.05) is 43.7 Å². The molecule has 7 heteroatoms. The molecule has 0 saturated carbocycles. The van der Waals surface area contributed by atoms with Gasteiger partial charge in [-0.15, -0.1) is 0 Å². The van der Waals surface area contributed by atoms with Crippen molar-refractivity contribution in [1.29, 1.82) is 0 Å². The zero-order valence-electron chi connectivity index (χ0n) is 14.8. The Morgan fingerprint density at radius 1 is 1.11 bits per heavy atom. The van der Waals surface area contributed by atoms with E-state index in [0.29, 0.717) is 47.1 Å². The predicted octanol–water partition coefficient (Wildman–Crippen LogP) is 4.12. The number of carbonyl (C=O) groups is 2. The van der Waals surface area contributed by atoms with E-state index in [1.54, 1.807) is 47.2 Å². The summed E-state index contributed by atoms with van der Waals surface area (Å²) < 4.78 is 0. The molecule has 5 nitrogen and oxygen atoms in total. The molecule has 4 rings (SSSR count). The topological polar surface area (TPSA) is 52.7 Å². The number of nitrogens with zero attached hydrogens (tertiary/aromatic N) is 2. The molecule has 0 bridgehead atoms. The Hall–Kier alpha value is -2.24. The lowest BCUT2D eigenvalue weighted by atomic mass is 9.90. The highest BCUT2D eigenvalue weighted by molar-refractivity contribution is 6.33. The van der Waals surface area contributed by atoms with Gasteiger partial charge in [-0.2, -0.15) is 0 Å². The van der Waals surface area contributed by atoms with Crippen LogP contribution in [0.5, 0.6) is 0 Å². The summed E-state index contributed by atoms with van der Waals surface area (Å²) in [4.78, 5) is 29.2. The molecule has 0 radical (unpaired) electrons. The molecule has 2 amide bonds. The molecule has 27 heavy (non-hydrogen) atoms. The van der Waals surface area contributed by atoms with Gasteiger partial charge in [-0.3, -0.25) is 9.59 Å². The molecular weight excluding hydrogens is 385 g/mol. The largest absolute Gasteiger partial charge is 0.362 e. The van der Waals surface area contributed by atoms with Gasteiger partial charge in [0.2, 0.25) is 0 Å². The lowest BCUT2D eigenvalue weighted by molar-refractivity contribution is 0.0347. The van der Waals surface area contributed by atoms with Gasteiger partial charge in [-0.05, 0) is 30.3 Å². The monoisotopic (exact) mass is 403 g/mol. The number of halogens is 2. The smallest absolute Gasteiger partial charge is 0.257 e. The number of amides is 2. The third-order valence-corrected chi connectivity index (χ3v) is 6.07. The molecule has 1 fully saturated rings. The molecule has 2 aliphatic heterocycles. The van der Waals surface area contributed by atoms with Crippen LogP contribution in [-0.4, -0.2) is 47.4 Å². The minimum Gasteiger partial charge on any atom is -0.362 e. The highest BCUT2D eigenvalue weighted by Gasteiger charge is 2.45. The van der Waals surface area contributed by atoms with Crippen LogP contribution >= 0.6 is 23.2 Å². The second-order valence-electron chi connectivity index (χ2n) is 6.98. The van der Waals surface area contributed by atoms with Crippen LogP contribution in [0, 0.1) is 0 Å². The zero-order valence-corrected chi connectivity index (χ0v) is 16.3. The SMILES string of the molecule is CN1C(=O)c2cc(Cl)ccc2NC12CCN(C(=O)c1ccccc1Cl)CC2. The molecule has 1 saturated heterocycles. The third-order valence-electron chi connectivity index (χ3n) is 5.51. The van der Waals surface area contributed by atoms with E-state index in [0.717, 1.165) is 5.69 Å². The Labute approximate surface area is 167 Å². The maximum absolute atomic E-state index is 12.9. The summed E-state index contributed by atoms with van der Waals surface area (Å²) in [6.45, 7) is 1.08. The first-order valence-corrected chi connectivity index (χ1v) is 9.57. The number of hydrogen-bond acceptors (Lipinski definition) is 3. The van der Waals surface area contributed by atoms with E-state index in [2.05, 4.69) is 5.32 Å². The summed E-state index contributed by atoms with van der Waals surface area (Å²) in [5.41, 5.74) is 1.37. The van der Waals surface area contributed by atoms with Crippen LogP contribution in [0.2, 0.25) is 10.0 Å². The van der Waals surface area contributed by atoms with Crippen molar-refractivity contribution in [3.05, 3.63) is 63.6 Å². The van der Waals surface area contributed by atoms with Gasteiger partial charge in [-0.1, -0.05) is 35.3 Å². The van der Waals surface area contributed by atoms with Gasteiger partial charge in [0.15, 0.2) is 0 Å². The van der Waals surface area contributed by atoms with Gasteiger partial charge < -0.3 is 15.1 Å². The molecule has 2 aromatic rings. The fourth-order valence-corrected chi connectivity index (χ4v) is 4.25. The molecule has 2 aliphatic rings. The van der Waals surface area contributed by atoms with Crippen molar-refractivity contribution in [2.75, 3.05) is 25.5 Å². The Bertz CT molecular complexity index is 923. The standard InChI is InChI=1S/C20H19Cl2N3O2/c1-24-18(26)15-12-13(21)6-7-17(15)23-20(24)8-10-25(11-9-20)19(27)14-4-2-3-5-16(14)22/h2-7,12,23H,8-11H2,1H3. The summed E-state index contributed by atoms with van der Waals surface area (Å²) in [7, 11) is 1.80. The zero-order chi connectivity index (χ0) is 19.2. The minimum atomic E-state index is -0.505. The maximum Gasteiger partial charge on any atom is 0.257 e. The number of likely N-dealkylation sites (tertiary alicyclic amines) is 1. The van der Waals surface area contributed by atoms with Crippen LogP contribution in [0.15, 0.2) is 42.5 Å². The maximum atomic E-state index is 12.9. The quantitative estimate of drug-likeness (QED) is 0.778. The molecule has 0 aromatic heterocycles. The van der Waals surface area contributed by atoms with Crippen molar-refractivity contribution in [3.63, 3.8) is 0 Å². The number of anilines is 1. The van der Waals surface area contributed by atoms with Crippen molar-refractivity contribution < 1.29 is 9.59 Å². The second-order valence-corrected chi connectivity index (χ2v) is 7.83. The minimum absolute atomic E-state index is 0.0582. The molecule has 140 valence electrons. The van der Waals surface area contributed by atoms with E-state index in [1.807, 2.05) is 12.1 Å². The number of piperidine rings is 1. The van der Waals surface area contributed by atoms with Crippen molar-refractivity contribution >= 4 is 40.7 Å². The third kappa shape index (κ3) is 3.05. The van der Waals surface area contributed by atoms with Crippen molar-refractivity contribution in [1.82, 2.24) is 9.80 Å². The number of hydrogen-bond donors (Lipinski definition) is 1. The van der Waals surface area contributed by atoms with E-state index >= 15 is 0 Å². The molecule has 0 unspecified atom stereocenters. The van der Waals surface area contributed by atoms with Crippen LogP contribution in [0.1, 0.15) is 33.6 Å². The number of rotatable bonds is 1. The first kappa shape index (κ1) is 18.1. The van der Waals surface area contributed by atoms with Crippen molar-refractivity contribution in [2.24, 2.45) is 0 Å².